The molecule has 0 saturated heterocycles. The second-order valence-electron chi connectivity index (χ2n) is 1.43. The van der Waals surface area contributed by atoms with Gasteiger partial charge in [0.15, 0.2) is 0 Å². The van der Waals surface area contributed by atoms with Gasteiger partial charge in [-0.2, -0.15) is 5.10 Å². The molecule has 4 heteroatoms. The van der Waals surface area contributed by atoms with Crippen LogP contribution in [0.15, 0.2) is 5.10 Å². The third-order valence-electron chi connectivity index (χ3n) is 0.399. The van der Waals surface area contributed by atoms with Crippen LogP contribution in [-0.4, -0.2) is 36.4 Å². The molecule has 0 aromatic heterocycles. The van der Waals surface area contributed by atoms with Gasteiger partial charge in [-0.15, -0.1) is 0 Å². The van der Waals surface area contributed by atoms with Crippen molar-refractivity contribution in [3.63, 3.8) is 0 Å². The Balaban J connectivity index is 3.50. The summed E-state index contributed by atoms with van der Waals surface area (Å²) in [6, 6.07) is 0. The molecule has 0 rings (SSSR count). The largest absolute Gasteiger partial charge is 0.477 e. The highest BCUT2D eigenvalue weighted by Gasteiger charge is 1.84. The van der Waals surface area contributed by atoms with Crippen LogP contribution in [0.3, 0.4) is 0 Å². The van der Waals surface area contributed by atoms with Gasteiger partial charge in [0.25, 0.3) is 0 Å². The molecule has 0 atom stereocenters. The number of carboxylic acids is 1. The zero-order chi connectivity index (χ0) is 6.57. The Labute approximate surface area is 47.4 Å². The lowest BCUT2D eigenvalue weighted by atomic mass is 10.8. The van der Waals surface area contributed by atoms with E-state index < -0.39 is 5.97 Å². The van der Waals surface area contributed by atoms with E-state index in [0.717, 1.165) is 6.21 Å². The lowest BCUT2D eigenvalue weighted by Crippen LogP contribution is -2.05. The van der Waals surface area contributed by atoms with Crippen LogP contribution in [-0.2, 0) is 4.79 Å². The van der Waals surface area contributed by atoms with Crippen molar-refractivity contribution in [3.05, 3.63) is 0 Å². The molecule has 0 fully saturated rings. The molecule has 46 valence electrons. The van der Waals surface area contributed by atoms with E-state index in [4.69, 9.17) is 5.11 Å². The maximum Gasteiger partial charge on any atom is 0.348 e. The average Bonchev–Trinajstić information content (AvgIpc) is 1.61. The number of nitrogens with zero attached hydrogens (tertiary/aromatic N) is 2. The first-order chi connectivity index (χ1) is 3.63. The number of rotatable bonds is 2. The smallest absolute Gasteiger partial charge is 0.348 e. The first-order valence-corrected chi connectivity index (χ1v) is 2.07. The monoisotopic (exact) mass is 116 g/mol. The highest BCUT2D eigenvalue weighted by atomic mass is 16.4. The molecule has 0 aliphatic rings. The number of aliphatic carboxylic acids is 1. The van der Waals surface area contributed by atoms with Crippen LogP contribution in [0, 0.1) is 0 Å². The van der Waals surface area contributed by atoms with Crippen molar-refractivity contribution in [1.29, 1.82) is 0 Å². The van der Waals surface area contributed by atoms with Gasteiger partial charge in [0.1, 0.15) is 6.21 Å². The minimum absolute atomic E-state index is 0.833. The lowest BCUT2D eigenvalue weighted by molar-refractivity contribution is -0.128. The quantitative estimate of drug-likeness (QED) is 0.395. The van der Waals surface area contributed by atoms with Crippen LogP contribution in [0.4, 0.5) is 0 Å². The van der Waals surface area contributed by atoms with E-state index in [9.17, 15) is 4.79 Å². The second kappa shape index (κ2) is 3.01. The number of hydrogen-bond acceptors (Lipinski definition) is 3. The zero-order valence-corrected chi connectivity index (χ0v) is 4.83. The van der Waals surface area contributed by atoms with Gasteiger partial charge >= 0.3 is 5.97 Å². The van der Waals surface area contributed by atoms with E-state index >= 15 is 0 Å². The molecule has 0 amide bonds. The number of hydrogen-bond donors (Lipinski definition) is 1. The fourth-order valence-electron chi connectivity index (χ4n) is 0.165. The van der Waals surface area contributed by atoms with Gasteiger partial charge in [-0.1, -0.05) is 0 Å². The maximum atomic E-state index is 9.73. The van der Waals surface area contributed by atoms with E-state index in [1.807, 2.05) is 0 Å². The molecule has 1 N–H and O–H groups in total. The van der Waals surface area contributed by atoms with Gasteiger partial charge in [-0.25, -0.2) is 4.79 Å². The molecule has 0 bridgehead atoms. The Morgan fingerprint density at radius 1 is 1.75 bits per heavy atom. The fraction of sp³-hybridized carbons (Fsp3) is 0.500. The molecular weight excluding hydrogens is 108 g/mol. The molecule has 0 aliphatic heterocycles. The Kier molecular flexibility index (Phi) is 2.61. The third-order valence-corrected chi connectivity index (χ3v) is 0.399. The van der Waals surface area contributed by atoms with Crippen LogP contribution < -0.4 is 0 Å². The van der Waals surface area contributed by atoms with Gasteiger partial charge in [-0.3, -0.25) is 0 Å². The molecule has 0 aliphatic carbocycles. The molecule has 4 nitrogen and oxygen atoms in total. The number of hydrazone groups is 1. The Hall–Kier alpha value is -1.06. The third kappa shape index (κ3) is 4.94. The van der Waals surface area contributed by atoms with Gasteiger partial charge in [0.2, 0.25) is 0 Å². The van der Waals surface area contributed by atoms with E-state index in [-0.39, 0.29) is 0 Å². The Morgan fingerprint density at radius 2 is 2.25 bits per heavy atom. The summed E-state index contributed by atoms with van der Waals surface area (Å²) in [6.45, 7) is 0. The Morgan fingerprint density at radius 3 is 2.38 bits per heavy atom. The van der Waals surface area contributed by atoms with E-state index in [1.54, 1.807) is 14.1 Å². The van der Waals surface area contributed by atoms with Crippen molar-refractivity contribution in [1.82, 2.24) is 5.01 Å². The summed E-state index contributed by atoms with van der Waals surface area (Å²) in [6.07, 6.45) is 0.833. The summed E-state index contributed by atoms with van der Waals surface area (Å²) in [5, 5.41) is 12.8. The van der Waals surface area contributed by atoms with Crippen molar-refractivity contribution >= 4 is 12.2 Å². The van der Waals surface area contributed by atoms with Crippen molar-refractivity contribution in [2.45, 2.75) is 0 Å². The van der Waals surface area contributed by atoms with E-state index in [0.29, 0.717) is 0 Å². The summed E-state index contributed by atoms with van der Waals surface area (Å²) >= 11 is 0. The van der Waals surface area contributed by atoms with Gasteiger partial charge < -0.3 is 10.1 Å². The lowest BCUT2D eigenvalue weighted by Gasteiger charge is -1.99. The standard InChI is InChI=1S/C4H8N2O2/c1-6(2)5-3-4(7)8/h3H,1-2H3,(H,7,8). The molecule has 0 heterocycles. The first kappa shape index (κ1) is 6.94. The van der Waals surface area contributed by atoms with E-state index in [2.05, 4.69) is 5.10 Å². The zero-order valence-electron chi connectivity index (χ0n) is 4.83. The van der Waals surface area contributed by atoms with Crippen molar-refractivity contribution in [2.75, 3.05) is 14.1 Å². The fourth-order valence-corrected chi connectivity index (χ4v) is 0.165. The summed E-state index contributed by atoms with van der Waals surface area (Å²) in [4.78, 5) is 9.73. The van der Waals surface area contributed by atoms with Crippen molar-refractivity contribution < 1.29 is 9.90 Å². The van der Waals surface area contributed by atoms with E-state index in [1.165, 1.54) is 5.01 Å². The van der Waals surface area contributed by atoms with Crippen LogP contribution in [0.1, 0.15) is 0 Å². The summed E-state index contributed by atoms with van der Waals surface area (Å²) in [5.74, 6) is -1.03. The topological polar surface area (TPSA) is 52.9 Å². The first-order valence-electron chi connectivity index (χ1n) is 2.07. The minimum atomic E-state index is -1.03. The SMILES string of the molecule is CN(C)N=CC(=O)O. The number of carbonyl (C=O) groups is 1. The molecule has 0 aromatic carbocycles. The molecular formula is C4H8N2O2. The summed E-state index contributed by atoms with van der Waals surface area (Å²) in [7, 11) is 3.30. The number of carboxylic acid groups (broad SMARTS) is 1. The van der Waals surface area contributed by atoms with Gasteiger partial charge in [-0.05, 0) is 0 Å². The molecule has 0 unspecified atom stereocenters. The van der Waals surface area contributed by atoms with Crippen LogP contribution in [0.2, 0.25) is 0 Å². The van der Waals surface area contributed by atoms with Gasteiger partial charge in [0, 0.05) is 14.1 Å². The second-order valence-corrected chi connectivity index (χ2v) is 1.43. The average molecular weight is 116 g/mol. The molecule has 0 radical (unpaired) electrons. The van der Waals surface area contributed by atoms with Crippen molar-refractivity contribution in [3.8, 4) is 0 Å². The minimum Gasteiger partial charge on any atom is -0.477 e. The maximum absolute atomic E-state index is 9.73. The van der Waals surface area contributed by atoms with Crippen LogP contribution in [0.5, 0.6) is 0 Å². The highest BCUT2D eigenvalue weighted by molar-refractivity contribution is 6.21. The van der Waals surface area contributed by atoms with Gasteiger partial charge in [0.05, 0.1) is 0 Å². The molecule has 8 heavy (non-hydrogen) atoms. The highest BCUT2D eigenvalue weighted by Crippen LogP contribution is 1.69. The molecule has 0 aromatic rings. The Bertz CT molecular complexity index is 109. The van der Waals surface area contributed by atoms with Crippen molar-refractivity contribution in [2.24, 2.45) is 5.10 Å². The molecule has 0 spiro atoms. The molecule has 0 saturated carbocycles. The summed E-state index contributed by atoms with van der Waals surface area (Å²) in [5.41, 5.74) is 0. The van der Waals surface area contributed by atoms with Crippen LogP contribution >= 0.6 is 0 Å². The normalized spacial score (nSPS) is 9.75. The summed E-state index contributed by atoms with van der Waals surface area (Å²) < 4.78 is 0. The van der Waals surface area contributed by atoms with Crippen LogP contribution in [0.25, 0.3) is 0 Å². The predicted octanol–water partition coefficient (Wildman–Crippen LogP) is -0.382. The predicted molar refractivity (Wildman–Crippen MR) is 29.8 cm³/mol.